The zero-order chi connectivity index (χ0) is 12.8. The number of rotatable bonds is 4. The van der Waals surface area contributed by atoms with E-state index in [9.17, 15) is 0 Å². The lowest BCUT2D eigenvalue weighted by atomic mass is 10.00. The third kappa shape index (κ3) is 3.94. The maximum atomic E-state index is 3.81. The van der Waals surface area contributed by atoms with Crippen LogP contribution in [0.4, 0.5) is 0 Å². The quantitative estimate of drug-likeness (QED) is 0.773. The van der Waals surface area contributed by atoms with E-state index in [2.05, 4.69) is 29.1 Å². The summed E-state index contributed by atoms with van der Waals surface area (Å²) in [6.07, 6.45) is 8.34. The van der Waals surface area contributed by atoms with Gasteiger partial charge in [0.1, 0.15) is 0 Å². The molecule has 0 radical (unpaired) electrons. The van der Waals surface area contributed by atoms with Crippen molar-refractivity contribution in [1.82, 2.24) is 15.1 Å². The standard InChI is InChI=1S/C15H31N3/c1-3-9-16-14-7-5-4-6-8-15(14)18-12-10-17(2)11-13-18/h14-16H,3-13H2,1-2H3. The molecule has 106 valence electrons. The van der Waals surface area contributed by atoms with E-state index in [1.54, 1.807) is 0 Å². The van der Waals surface area contributed by atoms with Crippen LogP contribution in [0.15, 0.2) is 0 Å². The van der Waals surface area contributed by atoms with E-state index < -0.39 is 0 Å². The number of hydrogen-bond donors (Lipinski definition) is 1. The van der Waals surface area contributed by atoms with Crippen molar-refractivity contribution in [2.75, 3.05) is 39.8 Å². The molecule has 18 heavy (non-hydrogen) atoms. The van der Waals surface area contributed by atoms with Crippen LogP contribution < -0.4 is 5.32 Å². The monoisotopic (exact) mass is 253 g/mol. The molecule has 1 aliphatic heterocycles. The fraction of sp³-hybridized carbons (Fsp3) is 1.00. The van der Waals surface area contributed by atoms with E-state index in [-0.39, 0.29) is 0 Å². The van der Waals surface area contributed by atoms with Crippen molar-refractivity contribution < 1.29 is 0 Å². The average Bonchev–Trinajstić information content (AvgIpc) is 2.62. The molecule has 0 amide bonds. The second-order valence-electron chi connectivity index (χ2n) is 6.11. The molecular formula is C15H31N3. The highest BCUT2D eigenvalue weighted by Crippen LogP contribution is 2.23. The molecule has 0 spiro atoms. The smallest absolute Gasteiger partial charge is 0.0250 e. The predicted octanol–water partition coefficient (Wildman–Crippen LogP) is 1.93. The summed E-state index contributed by atoms with van der Waals surface area (Å²) in [4.78, 5) is 5.22. The average molecular weight is 253 g/mol. The summed E-state index contributed by atoms with van der Waals surface area (Å²) < 4.78 is 0. The Balaban J connectivity index is 1.91. The maximum Gasteiger partial charge on any atom is 0.0250 e. The second kappa shape index (κ2) is 7.46. The van der Waals surface area contributed by atoms with Crippen molar-refractivity contribution >= 4 is 0 Å². The molecule has 0 aromatic carbocycles. The first-order valence-corrected chi connectivity index (χ1v) is 7.97. The highest BCUT2D eigenvalue weighted by atomic mass is 15.3. The van der Waals surface area contributed by atoms with Crippen LogP contribution in [0.1, 0.15) is 45.4 Å². The first-order chi connectivity index (χ1) is 8.81. The van der Waals surface area contributed by atoms with E-state index in [4.69, 9.17) is 0 Å². The number of likely N-dealkylation sites (N-methyl/N-ethyl adjacent to an activating group) is 1. The van der Waals surface area contributed by atoms with Crippen LogP contribution in [0, 0.1) is 0 Å². The third-order valence-corrected chi connectivity index (χ3v) is 4.64. The molecule has 0 aromatic heterocycles. The van der Waals surface area contributed by atoms with Gasteiger partial charge in [-0.2, -0.15) is 0 Å². The molecule has 0 aromatic rings. The summed E-state index contributed by atoms with van der Waals surface area (Å²) in [6.45, 7) is 8.49. The normalized spacial score (nSPS) is 32.3. The Labute approximate surface area is 113 Å². The van der Waals surface area contributed by atoms with Gasteiger partial charge in [0, 0.05) is 38.3 Å². The molecule has 1 heterocycles. The molecule has 2 unspecified atom stereocenters. The molecule has 2 fully saturated rings. The largest absolute Gasteiger partial charge is 0.312 e. The summed E-state index contributed by atoms with van der Waals surface area (Å²) >= 11 is 0. The van der Waals surface area contributed by atoms with E-state index in [0.717, 1.165) is 12.1 Å². The summed E-state index contributed by atoms with van der Waals surface area (Å²) in [5, 5.41) is 3.81. The molecule has 2 aliphatic rings. The molecule has 1 aliphatic carbocycles. The van der Waals surface area contributed by atoms with Gasteiger partial charge in [0.2, 0.25) is 0 Å². The maximum absolute atomic E-state index is 3.81. The van der Waals surface area contributed by atoms with Crippen LogP contribution in [-0.2, 0) is 0 Å². The number of piperazine rings is 1. The Morgan fingerprint density at radius 3 is 2.44 bits per heavy atom. The van der Waals surface area contributed by atoms with Gasteiger partial charge >= 0.3 is 0 Å². The summed E-state index contributed by atoms with van der Waals surface area (Å²) in [5.41, 5.74) is 0. The van der Waals surface area contributed by atoms with Gasteiger partial charge in [0.15, 0.2) is 0 Å². The first kappa shape index (κ1) is 14.3. The lowest BCUT2D eigenvalue weighted by Gasteiger charge is -2.41. The van der Waals surface area contributed by atoms with Gasteiger partial charge in [0.05, 0.1) is 0 Å². The van der Waals surface area contributed by atoms with Crippen molar-refractivity contribution in [3.05, 3.63) is 0 Å². The zero-order valence-electron chi connectivity index (χ0n) is 12.3. The SMILES string of the molecule is CCCNC1CCCCCC1N1CCN(C)CC1. The Bertz CT molecular complexity index is 224. The molecule has 1 saturated heterocycles. The van der Waals surface area contributed by atoms with Gasteiger partial charge in [-0.05, 0) is 32.9 Å². The molecule has 3 heteroatoms. The second-order valence-corrected chi connectivity index (χ2v) is 6.11. The Kier molecular flexibility index (Phi) is 5.93. The van der Waals surface area contributed by atoms with E-state index in [0.29, 0.717) is 0 Å². The highest BCUT2D eigenvalue weighted by molar-refractivity contribution is 4.88. The molecule has 3 nitrogen and oxygen atoms in total. The van der Waals surface area contributed by atoms with Gasteiger partial charge in [-0.3, -0.25) is 4.90 Å². The fourth-order valence-electron chi connectivity index (χ4n) is 3.45. The van der Waals surface area contributed by atoms with Crippen LogP contribution >= 0.6 is 0 Å². The van der Waals surface area contributed by atoms with Crippen LogP contribution in [0.2, 0.25) is 0 Å². The molecular weight excluding hydrogens is 222 g/mol. The van der Waals surface area contributed by atoms with Gasteiger partial charge < -0.3 is 10.2 Å². The molecule has 1 saturated carbocycles. The van der Waals surface area contributed by atoms with Crippen molar-refractivity contribution in [1.29, 1.82) is 0 Å². The fourth-order valence-corrected chi connectivity index (χ4v) is 3.45. The van der Waals surface area contributed by atoms with Crippen molar-refractivity contribution in [3.8, 4) is 0 Å². The minimum Gasteiger partial charge on any atom is -0.312 e. The van der Waals surface area contributed by atoms with E-state index >= 15 is 0 Å². The van der Waals surface area contributed by atoms with Crippen LogP contribution in [0.5, 0.6) is 0 Å². The molecule has 2 atom stereocenters. The summed E-state index contributed by atoms with van der Waals surface area (Å²) in [7, 11) is 2.25. The summed E-state index contributed by atoms with van der Waals surface area (Å²) in [6, 6.07) is 1.55. The van der Waals surface area contributed by atoms with Crippen LogP contribution in [0.25, 0.3) is 0 Å². The molecule has 1 N–H and O–H groups in total. The van der Waals surface area contributed by atoms with Crippen LogP contribution in [-0.4, -0.2) is 61.7 Å². The number of nitrogens with zero attached hydrogens (tertiary/aromatic N) is 2. The number of nitrogens with one attached hydrogen (secondary N) is 1. The lowest BCUT2D eigenvalue weighted by molar-refractivity contribution is 0.0864. The molecule has 2 rings (SSSR count). The van der Waals surface area contributed by atoms with Crippen molar-refractivity contribution in [3.63, 3.8) is 0 Å². The Hall–Kier alpha value is -0.120. The van der Waals surface area contributed by atoms with Gasteiger partial charge in [-0.15, -0.1) is 0 Å². The van der Waals surface area contributed by atoms with E-state index in [1.807, 2.05) is 0 Å². The summed E-state index contributed by atoms with van der Waals surface area (Å²) in [5.74, 6) is 0. The third-order valence-electron chi connectivity index (χ3n) is 4.64. The van der Waals surface area contributed by atoms with Gasteiger partial charge in [-0.1, -0.05) is 26.2 Å². The van der Waals surface area contributed by atoms with Crippen molar-refractivity contribution in [2.45, 2.75) is 57.5 Å². The topological polar surface area (TPSA) is 18.5 Å². The minimum atomic E-state index is 0.746. The first-order valence-electron chi connectivity index (χ1n) is 7.97. The number of hydrogen-bond acceptors (Lipinski definition) is 3. The van der Waals surface area contributed by atoms with Gasteiger partial charge in [0.25, 0.3) is 0 Å². The van der Waals surface area contributed by atoms with Crippen LogP contribution in [0.3, 0.4) is 0 Å². The Morgan fingerprint density at radius 1 is 1.00 bits per heavy atom. The van der Waals surface area contributed by atoms with Crippen molar-refractivity contribution in [2.24, 2.45) is 0 Å². The highest BCUT2D eigenvalue weighted by Gasteiger charge is 2.29. The lowest BCUT2D eigenvalue weighted by Crippen LogP contribution is -2.55. The van der Waals surface area contributed by atoms with E-state index in [1.165, 1.54) is 71.2 Å². The molecule has 0 bridgehead atoms. The van der Waals surface area contributed by atoms with Gasteiger partial charge in [-0.25, -0.2) is 0 Å². The predicted molar refractivity (Wildman–Crippen MR) is 78.0 cm³/mol. The Morgan fingerprint density at radius 2 is 1.72 bits per heavy atom. The minimum absolute atomic E-state index is 0.746. The zero-order valence-corrected chi connectivity index (χ0v) is 12.3.